The Bertz CT molecular complexity index is 975. The summed E-state index contributed by atoms with van der Waals surface area (Å²) in [4.78, 5) is 4.46. The summed E-state index contributed by atoms with van der Waals surface area (Å²) in [5, 5.41) is 6.68. The summed E-state index contributed by atoms with van der Waals surface area (Å²) in [6.07, 6.45) is 17.0. The molecule has 0 radical (unpaired) electrons. The zero-order valence-electron chi connectivity index (χ0n) is 21.5. The maximum absolute atomic E-state index is 6.50. The minimum atomic E-state index is -0.247. The van der Waals surface area contributed by atoms with Gasteiger partial charge in [-0.3, -0.25) is 4.98 Å². The minimum Gasteiger partial charge on any atom is -0.324 e. The molecule has 176 valence electrons. The van der Waals surface area contributed by atoms with Crippen LogP contribution in [0.25, 0.3) is 17.8 Å². The van der Waals surface area contributed by atoms with Gasteiger partial charge < -0.3 is 5.73 Å². The summed E-state index contributed by atoms with van der Waals surface area (Å²) in [5.41, 5.74) is 10.4. The van der Waals surface area contributed by atoms with E-state index in [0.29, 0.717) is 6.42 Å². The molecule has 2 rings (SSSR count). The highest BCUT2D eigenvalue weighted by atomic mass is 15.3. The molecule has 32 heavy (non-hydrogen) atoms. The van der Waals surface area contributed by atoms with Crippen molar-refractivity contribution in [2.75, 3.05) is 0 Å². The first kappa shape index (κ1) is 29.3. The summed E-state index contributed by atoms with van der Waals surface area (Å²) in [6, 6.07) is 3.74. The van der Waals surface area contributed by atoms with Crippen LogP contribution in [0, 0.1) is 6.92 Å². The van der Waals surface area contributed by atoms with E-state index in [1.807, 2.05) is 81.9 Å². The molecule has 0 aliphatic carbocycles. The fraction of sp³-hybridized carbons (Fsp3) is 0.429. The molecule has 2 aromatic heterocycles. The van der Waals surface area contributed by atoms with E-state index in [1.54, 1.807) is 6.20 Å². The van der Waals surface area contributed by atoms with Crippen LogP contribution in [0.15, 0.2) is 54.9 Å². The lowest BCUT2D eigenvalue weighted by Crippen LogP contribution is -2.33. The van der Waals surface area contributed by atoms with E-state index in [0.717, 1.165) is 33.1 Å². The topological polar surface area (TPSA) is 56.7 Å². The molecule has 2 N–H and O–H groups in total. The zero-order valence-corrected chi connectivity index (χ0v) is 21.5. The quantitative estimate of drug-likeness (QED) is 0.578. The molecule has 0 fully saturated rings. The van der Waals surface area contributed by atoms with Gasteiger partial charge in [0, 0.05) is 29.6 Å². The van der Waals surface area contributed by atoms with E-state index in [4.69, 9.17) is 5.73 Å². The van der Waals surface area contributed by atoms with E-state index >= 15 is 0 Å². The molecule has 0 bridgehead atoms. The van der Waals surface area contributed by atoms with Gasteiger partial charge in [-0.25, -0.2) is 4.68 Å². The number of nitrogens with two attached hydrogens (primary N) is 1. The van der Waals surface area contributed by atoms with Crippen molar-refractivity contribution in [3.63, 3.8) is 0 Å². The Morgan fingerprint density at radius 1 is 1.16 bits per heavy atom. The number of rotatable bonds is 7. The molecule has 0 saturated heterocycles. The Hall–Kier alpha value is -2.72. The maximum Gasteiger partial charge on any atom is 0.0695 e. The van der Waals surface area contributed by atoms with Crippen molar-refractivity contribution >= 4 is 17.8 Å². The molecule has 4 nitrogen and oxygen atoms in total. The molecule has 0 aromatic carbocycles. The molecular formula is C28H44N4. The predicted octanol–water partition coefficient (Wildman–Crippen LogP) is 5.56. The van der Waals surface area contributed by atoms with Crippen LogP contribution in [-0.4, -0.2) is 20.8 Å². The number of allylic oxidation sites excluding steroid dienone is 3. The highest BCUT2D eigenvalue weighted by Crippen LogP contribution is 2.18. The average Bonchev–Trinajstić information content (AvgIpc) is 3.25. The highest BCUT2D eigenvalue weighted by Gasteiger charge is 2.16. The van der Waals surface area contributed by atoms with Crippen molar-refractivity contribution in [1.29, 1.82) is 0 Å². The number of aryl methyl sites for hydroxylation is 1. The second-order valence-corrected chi connectivity index (χ2v) is 7.15. The van der Waals surface area contributed by atoms with Crippen LogP contribution in [0.1, 0.15) is 72.6 Å². The Morgan fingerprint density at radius 3 is 2.31 bits per heavy atom. The first-order valence-corrected chi connectivity index (χ1v) is 11.8. The van der Waals surface area contributed by atoms with Gasteiger partial charge in [0.15, 0.2) is 0 Å². The van der Waals surface area contributed by atoms with Gasteiger partial charge in [0.1, 0.15) is 0 Å². The predicted molar refractivity (Wildman–Crippen MR) is 143 cm³/mol. The van der Waals surface area contributed by atoms with Crippen LogP contribution in [0.4, 0.5) is 0 Å². The number of hydrogen-bond donors (Lipinski definition) is 1. The van der Waals surface area contributed by atoms with Gasteiger partial charge in [0.2, 0.25) is 0 Å². The first-order valence-electron chi connectivity index (χ1n) is 11.8. The van der Waals surface area contributed by atoms with Crippen molar-refractivity contribution in [2.24, 2.45) is 5.73 Å². The fourth-order valence-corrected chi connectivity index (χ4v) is 2.83. The molecule has 2 heterocycles. The molecule has 0 spiro atoms. The van der Waals surface area contributed by atoms with E-state index in [-0.39, 0.29) is 6.04 Å². The van der Waals surface area contributed by atoms with Gasteiger partial charge >= 0.3 is 0 Å². The Labute approximate surface area is 196 Å². The largest absolute Gasteiger partial charge is 0.324 e. The van der Waals surface area contributed by atoms with Crippen molar-refractivity contribution < 1.29 is 0 Å². The van der Waals surface area contributed by atoms with Gasteiger partial charge in [-0.05, 0) is 51.0 Å². The average molecular weight is 437 g/mol. The monoisotopic (exact) mass is 436 g/mol. The zero-order chi connectivity index (χ0) is 24.5. The number of hydrogen-bond acceptors (Lipinski definition) is 3. The lowest BCUT2D eigenvalue weighted by molar-refractivity contribution is 0.742. The normalized spacial score (nSPS) is 13.3. The second kappa shape index (κ2) is 16.9. The molecular weight excluding hydrogens is 392 g/mol. The minimum absolute atomic E-state index is 0.247. The second-order valence-electron chi connectivity index (χ2n) is 7.15. The first-order chi connectivity index (χ1) is 15.4. The van der Waals surface area contributed by atoms with Crippen molar-refractivity contribution in [1.82, 2.24) is 14.8 Å². The highest BCUT2D eigenvalue weighted by molar-refractivity contribution is 5.66. The van der Waals surface area contributed by atoms with Crippen molar-refractivity contribution in [3.8, 4) is 0 Å². The Morgan fingerprint density at radius 2 is 1.81 bits per heavy atom. The molecule has 0 saturated carbocycles. The molecule has 0 aliphatic heterocycles. The van der Waals surface area contributed by atoms with Crippen LogP contribution in [-0.2, 0) is 6.42 Å². The number of pyridine rings is 1. The van der Waals surface area contributed by atoms with Crippen LogP contribution >= 0.6 is 0 Å². The fourth-order valence-electron chi connectivity index (χ4n) is 2.83. The smallest absolute Gasteiger partial charge is 0.0695 e. The molecule has 4 heteroatoms. The van der Waals surface area contributed by atoms with E-state index in [9.17, 15) is 0 Å². The van der Waals surface area contributed by atoms with E-state index in [2.05, 4.69) is 43.5 Å². The van der Waals surface area contributed by atoms with Crippen LogP contribution < -0.4 is 16.3 Å². The lowest BCUT2D eigenvalue weighted by Gasteiger charge is -2.19. The number of unbranched alkanes of at least 4 members (excludes halogenated alkanes) is 1. The van der Waals surface area contributed by atoms with E-state index in [1.165, 1.54) is 12.8 Å². The molecule has 2 aromatic rings. The summed E-state index contributed by atoms with van der Waals surface area (Å²) in [5.74, 6) is 0. The Kier molecular flexibility index (Phi) is 15.5. The van der Waals surface area contributed by atoms with Gasteiger partial charge in [0.25, 0.3) is 0 Å². The summed E-state index contributed by atoms with van der Waals surface area (Å²) < 4.78 is 1.91. The van der Waals surface area contributed by atoms with Crippen LogP contribution in [0.2, 0.25) is 0 Å². The summed E-state index contributed by atoms with van der Waals surface area (Å²) >= 11 is 0. The third-order valence-corrected chi connectivity index (χ3v) is 4.90. The van der Waals surface area contributed by atoms with Gasteiger partial charge in [-0.15, -0.1) is 0 Å². The number of aromatic nitrogens is 3. The SMILES string of the molecule is C=C(/C(=C\C=C/C)n1ncc(=C/C)/c1=C\C)C(N)Cc1ncccc1C.CC.CCCC. The van der Waals surface area contributed by atoms with Crippen LogP contribution in [0.3, 0.4) is 0 Å². The molecule has 1 atom stereocenters. The van der Waals surface area contributed by atoms with Gasteiger partial charge in [-0.2, -0.15) is 5.10 Å². The molecule has 1 unspecified atom stereocenters. The van der Waals surface area contributed by atoms with Crippen molar-refractivity contribution in [3.05, 3.63) is 76.7 Å². The third-order valence-electron chi connectivity index (χ3n) is 4.90. The van der Waals surface area contributed by atoms with Crippen molar-refractivity contribution in [2.45, 2.75) is 80.7 Å². The standard InChI is InChI=1S/C22H28N4.C4H10.C2H6/c1-6-9-12-22(26-21(8-3)18(7-2)15-25-26)17(5)19(23)14-20-16(4)11-10-13-24-20;1-3-4-2;1-2/h6-13,15,19H,5,14,23H2,1-4H3;3-4H2,1-2H3;1-2H3/b9-6-,18-7-,21-8+,22-12+;;. The third kappa shape index (κ3) is 8.80. The summed E-state index contributed by atoms with van der Waals surface area (Å²) in [6.45, 7) is 20.7. The Balaban J connectivity index is 0.00000144. The lowest BCUT2D eigenvalue weighted by atomic mass is 9.99. The van der Waals surface area contributed by atoms with Gasteiger partial charge in [-0.1, -0.05) is 77.5 Å². The van der Waals surface area contributed by atoms with Gasteiger partial charge in [0.05, 0.1) is 17.2 Å². The molecule has 0 amide bonds. The maximum atomic E-state index is 6.50. The summed E-state index contributed by atoms with van der Waals surface area (Å²) in [7, 11) is 0. The van der Waals surface area contributed by atoms with Crippen LogP contribution in [0.5, 0.6) is 0 Å². The number of nitrogens with zero attached hydrogens (tertiary/aromatic N) is 3. The molecule has 0 aliphatic rings. The van der Waals surface area contributed by atoms with E-state index < -0.39 is 0 Å².